The molecule has 3 N–H and O–H groups in total. The van der Waals surface area contributed by atoms with Gasteiger partial charge in [0.1, 0.15) is 17.5 Å². The van der Waals surface area contributed by atoms with E-state index in [1.54, 1.807) is 54.8 Å². The van der Waals surface area contributed by atoms with Crippen molar-refractivity contribution in [1.29, 1.82) is 0 Å². The molecule has 4 aromatic rings. The minimum atomic E-state index is -0.774. The molecule has 1 amide bonds. The van der Waals surface area contributed by atoms with Gasteiger partial charge in [-0.1, -0.05) is 12.6 Å². The second-order valence-corrected chi connectivity index (χ2v) is 10.5. The lowest BCUT2D eigenvalue weighted by Gasteiger charge is -2.38. The summed E-state index contributed by atoms with van der Waals surface area (Å²) in [4.78, 5) is 41.0. The monoisotopic (exact) mass is 558 g/mol. The molecule has 1 fully saturated rings. The summed E-state index contributed by atoms with van der Waals surface area (Å²) in [5, 5.41) is 16.0. The van der Waals surface area contributed by atoms with Gasteiger partial charge in [0.15, 0.2) is 5.65 Å². The number of nitrogens with zero attached hydrogens (tertiary/aromatic N) is 6. The molecule has 0 bridgehead atoms. The number of anilines is 4. The Morgan fingerprint density at radius 3 is 2.61 bits per heavy atom. The van der Waals surface area contributed by atoms with Crippen LogP contribution in [0.25, 0.3) is 16.7 Å². The summed E-state index contributed by atoms with van der Waals surface area (Å²) in [7, 11) is 0. The summed E-state index contributed by atoms with van der Waals surface area (Å²) >= 11 is 0. The largest absolute Gasteiger partial charge is 0.389 e. The van der Waals surface area contributed by atoms with Crippen molar-refractivity contribution in [2.45, 2.75) is 19.4 Å². The van der Waals surface area contributed by atoms with Crippen molar-refractivity contribution in [2.24, 2.45) is 0 Å². The molecule has 2 aromatic carbocycles. The molecule has 0 saturated carbocycles. The van der Waals surface area contributed by atoms with E-state index in [1.807, 2.05) is 4.90 Å². The Kier molecular flexibility index (Phi) is 7.77. The van der Waals surface area contributed by atoms with Crippen LogP contribution in [0, 0.1) is 5.82 Å². The van der Waals surface area contributed by atoms with E-state index in [-0.39, 0.29) is 28.7 Å². The first-order valence-corrected chi connectivity index (χ1v) is 13.1. The van der Waals surface area contributed by atoms with Crippen molar-refractivity contribution in [1.82, 2.24) is 24.4 Å². The molecular weight excluding hydrogens is 527 g/mol. The van der Waals surface area contributed by atoms with Crippen LogP contribution in [0.3, 0.4) is 0 Å². The van der Waals surface area contributed by atoms with Crippen LogP contribution in [-0.2, 0) is 4.79 Å². The summed E-state index contributed by atoms with van der Waals surface area (Å²) in [5.41, 5.74) is 1.11. The molecule has 1 aliphatic rings. The van der Waals surface area contributed by atoms with Crippen molar-refractivity contribution in [3.63, 3.8) is 0 Å². The number of hydrogen-bond donors (Lipinski definition) is 3. The van der Waals surface area contributed by atoms with Crippen LogP contribution < -0.4 is 21.1 Å². The number of rotatable bonds is 8. The average Bonchev–Trinajstić information content (AvgIpc) is 2.93. The third-order valence-corrected chi connectivity index (χ3v) is 6.62. The highest BCUT2D eigenvalue weighted by molar-refractivity contribution is 5.99. The zero-order chi connectivity index (χ0) is 29.1. The van der Waals surface area contributed by atoms with Crippen molar-refractivity contribution < 1.29 is 14.3 Å². The van der Waals surface area contributed by atoms with E-state index in [4.69, 9.17) is 0 Å². The van der Waals surface area contributed by atoms with Gasteiger partial charge in [-0.25, -0.2) is 9.37 Å². The smallest absolute Gasteiger partial charge is 0.283 e. The van der Waals surface area contributed by atoms with Gasteiger partial charge in [0, 0.05) is 50.3 Å². The van der Waals surface area contributed by atoms with Gasteiger partial charge in [-0.2, -0.15) is 9.97 Å². The molecule has 3 heterocycles. The second kappa shape index (κ2) is 11.4. The fourth-order valence-electron chi connectivity index (χ4n) is 4.78. The lowest BCUT2D eigenvalue weighted by atomic mass is 10.1. The number of carbonyl (C=O) groups excluding carboxylic acids is 1. The lowest BCUT2D eigenvalue weighted by Crippen LogP contribution is -2.50. The van der Waals surface area contributed by atoms with Gasteiger partial charge >= 0.3 is 0 Å². The van der Waals surface area contributed by atoms with Crippen molar-refractivity contribution in [3.05, 3.63) is 83.8 Å². The topological polar surface area (TPSA) is 129 Å². The maximum absolute atomic E-state index is 15.2. The van der Waals surface area contributed by atoms with E-state index in [2.05, 4.69) is 37.1 Å². The van der Waals surface area contributed by atoms with E-state index < -0.39 is 11.2 Å². The average molecular weight is 559 g/mol. The molecule has 0 spiro atoms. The van der Waals surface area contributed by atoms with Crippen molar-refractivity contribution in [3.8, 4) is 5.69 Å². The van der Waals surface area contributed by atoms with Crippen LogP contribution in [0.15, 0.2) is 72.4 Å². The highest BCUT2D eigenvalue weighted by atomic mass is 19.1. The number of piperazine rings is 1. The molecule has 12 heteroatoms. The minimum Gasteiger partial charge on any atom is -0.389 e. The predicted octanol–water partition coefficient (Wildman–Crippen LogP) is 3.08. The van der Waals surface area contributed by atoms with Crippen LogP contribution >= 0.6 is 0 Å². The highest BCUT2D eigenvalue weighted by Gasteiger charge is 2.24. The summed E-state index contributed by atoms with van der Waals surface area (Å²) in [6.07, 6.45) is 3.90. The number of halogens is 1. The fourth-order valence-corrected chi connectivity index (χ4v) is 4.78. The van der Waals surface area contributed by atoms with Crippen LogP contribution in [0.2, 0.25) is 0 Å². The molecule has 1 aliphatic heterocycles. The number of fused-ring (bicyclic) bond motifs is 1. The number of nitrogens with one attached hydrogen (secondary N) is 2. The summed E-state index contributed by atoms with van der Waals surface area (Å²) in [6.45, 7) is 10.4. The van der Waals surface area contributed by atoms with Crippen LogP contribution in [0.1, 0.15) is 13.8 Å². The number of aromatic nitrogens is 4. The Balaban J connectivity index is 1.37. The minimum absolute atomic E-state index is 0.167. The number of hydrogen-bond acceptors (Lipinski definition) is 9. The summed E-state index contributed by atoms with van der Waals surface area (Å²) in [5.74, 6) is -0.573. The Morgan fingerprint density at radius 1 is 1.12 bits per heavy atom. The molecule has 212 valence electrons. The number of β-amino-alcohol motifs (C(OH)–C–C–N with tert-alkyl or cyclic N) is 1. The summed E-state index contributed by atoms with van der Waals surface area (Å²) < 4.78 is 16.8. The molecule has 0 radical (unpaired) electrons. The van der Waals surface area contributed by atoms with Gasteiger partial charge in [-0.05, 0) is 56.3 Å². The van der Waals surface area contributed by atoms with E-state index >= 15 is 4.39 Å². The molecule has 0 unspecified atom stereocenters. The Morgan fingerprint density at radius 2 is 1.90 bits per heavy atom. The van der Waals surface area contributed by atoms with Gasteiger partial charge < -0.3 is 20.6 Å². The molecule has 1 saturated heterocycles. The maximum Gasteiger partial charge on any atom is 0.283 e. The zero-order valence-corrected chi connectivity index (χ0v) is 22.8. The molecule has 0 atom stereocenters. The van der Waals surface area contributed by atoms with Gasteiger partial charge in [-0.15, -0.1) is 0 Å². The lowest BCUT2D eigenvalue weighted by molar-refractivity contribution is -0.111. The number of aliphatic hydroxyl groups is 1. The van der Waals surface area contributed by atoms with E-state index in [0.29, 0.717) is 42.4 Å². The predicted molar refractivity (Wildman–Crippen MR) is 156 cm³/mol. The number of benzene rings is 2. The molecule has 41 heavy (non-hydrogen) atoms. The first-order chi connectivity index (χ1) is 19.6. The Labute approximate surface area is 236 Å². The molecule has 0 aliphatic carbocycles. The van der Waals surface area contributed by atoms with Gasteiger partial charge in [0.25, 0.3) is 5.56 Å². The number of carbonyl (C=O) groups is 1. The van der Waals surface area contributed by atoms with Crippen LogP contribution in [-0.4, -0.2) is 73.8 Å². The zero-order valence-electron chi connectivity index (χ0n) is 22.8. The van der Waals surface area contributed by atoms with Crippen LogP contribution in [0.5, 0.6) is 0 Å². The van der Waals surface area contributed by atoms with E-state index in [0.717, 1.165) is 13.1 Å². The number of amides is 1. The Hall–Kier alpha value is -4.68. The molecule has 5 rings (SSSR count). The van der Waals surface area contributed by atoms with Gasteiger partial charge in [-0.3, -0.25) is 19.1 Å². The highest BCUT2D eigenvalue weighted by Crippen LogP contribution is 2.26. The first-order valence-electron chi connectivity index (χ1n) is 13.1. The normalized spacial score (nSPS) is 14.2. The molecule has 2 aromatic heterocycles. The third kappa shape index (κ3) is 6.56. The second-order valence-electron chi connectivity index (χ2n) is 10.5. The van der Waals surface area contributed by atoms with E-state index in [1.165, 1.54) is 24.7 Å². The molecule has 11 nitrogen and oxygen atoms in total. The quantitative estimate of drug-likeness (QED) is 0.280. The Bertz CT molecular complexity index is 1660. The van der Waals surface area contributed by atoms with E-state index in [9.17, 15) is 14.7 Å². The SMILES string of the molecule is C=CC(=O)Nc1cccc(-n2cnc(=O)c3cnc(Nc4ccc(N5CCN(CC(C)(C)O)CC5)c(F)c4)nc32)c1. The van der Waals surface area contributed by atoms with Gasteiger partial charge in [0.2, 0.25) is 11.9 Å². The fraction of sp³-hybridized carbons (Fsp3) is 0.276. The summed E-state index contributed by atoms with van der Waals surface area (Å²) in [6, 6.07) is 11.8. The maximum atomic E-state index is 15.2. The molecular formula is C29H31FN8O3. The van der Waals surface area contributed by atoms with Crippen molar-refractivity contribution in [2.75, 3.05) is 48.3 Å². The van der Waals surface area contributed by atoms with Crippen molar-refractivity contribution >= 4 is 40.0 Å². The van der Waals surface area contributed by atoms with Crippen LogP contribution in [0.4, 0.5) is 27.4 Å². The first kappa shape index (κ1) is 27.9. The standard InChI is InChI=1S/C29H31FN8O3/c1-4-25(39)33-19-6-5-7-21(14-19)38-18-32-27(40)22-16-31-28(35-26(22)38)34-20-8-9-24(23(30)15-20)37-12-10-36(11-13-37)17-29(2,3)41/h4-9,14-16,18,41H,1,10-13,17H2,2-3H3,(H,33,39)(H,31,34,35). The third-order valence-electron chi connectivity index (χ3n) is 6.62. The van der Waals surface area contributed by atoms with Gasteiger partial charge in [0.05, 0.1) is 17.0 Å².